The van der Waals surface area contributed by atoms with Crippen molar-refractivity contribution in [1.82, 2.24) is 14.8 Å². The minimum Gasteiger partial charge on any atom is -0.340 e. The first-order valence-electron chi connectivity index (χ1n) is 7.73. The second-order valence-corrected chi connectivity index (χ2v) is 5.79. The lowest BCUT2D eigenvalue weighted by Gasteiger charge is -2.34. The zero-order valence-electron chi connectivity index (χ0n) is 12.2. The highest BCUT2D eigenvalue weighted by Gasteiger charge is 2.37. The summed E-state index contributed by atoms with van der Waals surface area (Å²) in [6, 6.07) is 3.71. The van der Waals surface area contributed by atoms with Crippen LogP contribution in [0.3, 0.4) is 0 Å². The van der Waals surface area contributed by atoms with Crippen molar-refractivity contribution in [3.63, 3.8) is 0 Å². The van der Waals surface area contributed by atoms with Crippen molar-refractivity contribution in [2.24, 2.45) is 0 Å². The Hall–Kier alpha value is -1.91. The van der Waals surface area contributed by atoms with Gasteiger partial charge in [0.15, 0.2) is 0 Å². The van der Waals surface area contributed by atoms with Crippen LogP contribution in [0.4, 0.5) is 0 Å². The van der Waals surface area contributed by atoms with Crippen molar-refractivity contribution in [2.75, 3.05) is 19.6 Å². The van der Waals surface area contributed by atoms with Gasteiger partial charge < -0.3 is 9.80 Å². The summed E-state index contributed by atoms with van der Waals surface area (Å²) in [7, 11) is 0. The maximum atomic E-state index is 12.7. The van der Waals surface area contributed by atoms with Crippen LogP contribution in [0.15, 0.2) is 24.5 Å². The zero-order chi connectivity index (χ0) is 14.7. The van der Waals surface area contributed by atoms with Crippen LogP contribution in [-0.4, -0.2) is 52.3 Å². The topological polar surface area (TPSA) is 53.5 Å². The van der Waals surface area contributed by atoms with Crippen LogP contribution in [0.25, 0.3) is 0 Å². The van der Waals surface area contributed by atoms with E-state index < -0.39 is 0 Å². The summed E-state index contributed by atoms with van der Waals surface area (Å²) in [5, 5.41) is 0. The molecule has 0 spiro atoms. The SMILES string of the molecule is O=C1C2CCCCN2C(=O)CCN1CCc1cccnc1. The number of aromatic nitrogens is 1. The first-order valence-corrected chi connectivity index (χ1v) is 7.73. The van der Waals surface area contributed by atoms with Gasteiger partial charge in [-0.3, -0.25) is 14.6 Å². The van der Waals surface area contributed by atoms with Crippen LogP contribution < -0.4 is 0 Å². The van der Waals surface area contributed by atoms with Gasteiger partial charge in [-0.2, -0.15) is 0 Å². The average Bonchev–Trinajstić information content (AvgIpc) is 2.66. The predicted molar refractivity (Wildman–Crippen MR) is 78.5 cm³/mol. The molecule has 1 unspecified atom stereocenters. The minimum absolute atomic E-state index is 0.129. The van der Waals surface area contributed by atoms with Gasteiger partial charge in [0.2, 0.25) is 11.8 Å². The van der Waals surface area contributed by atoms with Gasteiger partial charge in [0.1, 0.15) is 6.04 Å². The Morgan fingerprint density at radius 3 is 2.95 bits per heavy atom. The molecule has 0 radical (unpaired) electrons. The lowest BCUT2D eigenvalue weighted by Crippen LogP contribution is -2.50. The molecule has 2 aliphatic heterocycles. The molecule has 112 valence electrons. The molecule has 0 N–H and O–H groups in total. The molecule has 0 bridgehead atoms. The number of hydrogen-bond donors (Lipinski definition) is 0. The Morgan fingerprint density at radius 2 is 2.14 bits per heavy atom. The lowest BCUT2D eigenvalue weighted by molar-refractivity contribution is -0.143. The summed E-state index contributed by atoms with van der Waals surface area (Å²) in [6.07, 6.45) is 7.70. The van der Waals surface area contributed by atoms with Crippen molar-refractivity contribution in [3.8, 4) is 0 Å². The average molecular weight is 287 g/mol. The lowest BCUT2D eigenvalue weighted by atomic mass is 10.0. The number of piperidine rings is 1. The molecule has 1 aromatic rings. The third kappa shape index (κ3) is 3.06. The fourth-order valence-corrected chi connectivity index (χ4v) is 3.21. The van der Waals surface area contributed by atoms with E-state index in [1.165, 1.54) is 0 Å². The Labute approximate surface area is 124 Å². The van der Waals surface area contributed by atoms with Crippen LogP contribution in [-0.2, 0) is 16.0 Å². The summed E-state index contributed by atoms with van der Waals surface area (Å²) in [5.41, 5.74) is 1.13. The minimum atomic E-state index is -0.220. The van der Waals surface area contributed by atoms with Crippen LogP contribution >= 0.6 is 0 Å². The molecule has 3 heterocycles. The van der Waals surface area contributed by atoms with Crippen LogP contribution in [0.1, 0.15) is 31.2 Å². The van der Waals surface area contributed by atoms with E-state index in [0.717, 1.165) is 37.8 Å². The smallest absolute Gasteiger partial charge is 0.245 e. The van der Waals surface area contributed by atoms with Gasteiger partial charge >= 0.3 is 0 Å². The van der Waals surface area contributed by atoms with Crippen molar-refractivity contribution in [1.29, 1.82) is 0 Å². The van der Waals surface area contributed by atoms with Gasteiger partial charge in [0, 0.05) is 38.4 Å². The summed E-state index contributed by atoms with van der Waals surface area (Å²) < 4.78 is 0. The van der Waals surface area contributed by atoms with E-state index in [1.54, 1.807) is 11.1 Å². The van der Waals surface area contributed by atoms with Gasteiger partial charge in [-0.25, -0.2) is 0 Å². The first kappa shape index (κ1) is 14.0. The second kappa shape index (κ2) is 6.24. The second-order valence-electron chi connectivity index (χ2n) is 5.79. The number of carbonyl (C=O) groups is 2. The fraction of sp³-hybridized carbons (Fsp3) is 0.562. The molecule has 0 aliphatic carbocycles. The van der Waals surface area contributed by atoms with Gasteiger partial charge in [-0.05, 0) is 37.3 Å². The van der Waals surface area contributed by atoms with E-state index in [2.05, 4.69) is 4.98 Å². The van der Waals surface area contributed by atoms with Crippen molar-refractivity contribution >= 4 is 11.8 Å². The van der Waals surface area contributed by atoms with E-state index in [9.17, 15) is 9.59 Å². The Kier molecular flexibility index (Phi) is 4.18. The molecule has 2 amide bonds. The third-order valence-corrected chi connectivity index (χ3v) is 4.41. The Morgan fingerprint density at radius 1 is 1.24 bits per heavy atom. The maximum Gasteiger partial charge on any atom is 0.245 e. The molecule has 1 atom stereocenters. The van der Waals surface area contributed by atoms with Gasteiger partial charge in [0.25, 0.3) is 0 Å². The Bertz CT molecular complexity index is 518. The van der Waals surface area contributed by atoms with E-state index >= 15 is 0 Å². The molecule has 2 aliphatic rings. The van der Waals surface area contributed by atoms with Gasteiger partial charge in [-0.1, -0.05) is 6.07 Å². The zero-order valence-corrected chi connectivity index (χ0v) is 12.2. The number of hydrogen-bond acceptors (Lipinski definition) is 3. The van der Waals surface area contributed by atoms with Crippen LogP contribution in [0.5, 0.6) is 0 Å². The number of carbonyl (C=O) groups excluding carboxylic acids is 2. The van der Waals surface area contributed by atoms with Crippen molar-refractivity contribution < 1.29 is 9.59 Å². The highest BCUT2D eigenvalue weighted by atomic mass is 16.2. The van der Waals surface area contributed by atoms with Crippen LogP contribution in [0.2, 0.25) is 0 Å². The molecule has 2 saturated heterocycles. The molecule has 21 heavy (non-hydrogen) atoms. The maximum absolute atomic E-state index is 12.7. The molecule has 2 fully saturated rings. The summed E-state index contributed by atoms with van der Waals surface area (Å²) in [4.78, 5) is 32.6. The molecule has 1 aromatic heterocycles. The molecule has 0 saturated carbocycles. The predicted octanol–water partition coefficient (Wildman–Crippen LogP) is 1.24. The fourth-order valence-electron chi connectivity index (χ4n) is 3.21. The Balaban J connectivity index is 1.68. The van der Waals surface area contributed by atoms with E-state index in [1.807, 2.05) is 23.2 Å². The molecule has 0 aromatic carbocycles. The quantitative estimate of drug-likeness (QED) is 0.840. The van der Waals surface area contributed by atoms with E-state index in [-0.39, 0.29) is 17.9 Å². The number of amides is 2. The third-order valence-electron chi connectivity index (χ3n) is 4.41. The number of pyridine rings is 1. The summed E-state index contributed by atoms with van der Waals surface area (Å²) >= 11 is 0. The number of nitrogens with zero attached hydrogens (tertiary/aromatic N) is 3. The van der Waals surface area contributed by atoms with E-state index in [0.29, 0.717) is 19.5 Å². The van der Waals surface area contributed by atoms with Gasteiger partial charge in [-0.15, -0.1) is 0 Å². The molecular formula is C16H21N3O2. The highest BCUT2D eigenvalue weighted by Crippen LogP contribution is 2.23. The largest absolute Gasteiger partial charge is 0.340 e. The molecular weight excluding hydrogens is 266 g/mol. The monoisotopic (exact) mass is 287 g/mol. The van der Waals surface area contributed by atoms with Crippen molar-refractivity contribution in [2.45, 2.75) is 38.1 Å². The highest BCUT2D eigenvalue weighted by molar-refractivity contribution is 5.90. The molecule has 5 nitrogen and oxygen atoms in total. The molecule has 5 heteroatoms. The van der Waals surface area contributed by atoms with Gasteiger partial charge in [0.05, 0.1) is 0 Å². The van der Waals surface area contributed by atoms with Crippen molar-refractivity contribution in [3.05, 3.63) is 30.1 Å². The number of fused-ring (bicyclic) bond motifs is 1. The van der Waals surface area contributed by atoms with Crippen LogP contribution in [0, 0.1) is 0 Å². The normalized spacial score (nSPS) is 23.0. The molecule has 3 rings (SSSR count). The first-order chi connectivity index (χ1) is 10.3. The summed E-state index contributed by atoms with van der Waals surface area (Å²) in [6.45, 7) is 1.96. The summed E-state index contributed by atoms with van der Waals surface area (Å²) in [5.74, 6) is 0.265. The standard InChI is InChI=1S/C16H21N3O2/c20-15-7-11-18(10-6-13-4-3-8-17-12-13)16(21)14-5-1-2-9-19(14)15/h3-4,8,12,14H,1-2,5-7,9-11H2. The van der Waals surface area contributed by atoms with E-state index in [4.69, 9.17) is 0 Å². The number of rotatable bonds is 3.